The van der Waals surface area contributed by atoms with Gasteiger partial charge in [-0.1, -0.05) is 51.2 Å². The number of allylic oxidation sites excluding steroid dienone is 2. The summed E-state index contributed by atoms with van der Waals surface area (Å²) in [5, 5.41) is 52.0. The summed E-state index contributed by atoms with van der Waals surface area (Å²) < 4.78 is 11.4. The van der Waals surface area contributed by atoms with Crippen molar-refractivity contribution >= 4 is 5.97 Å². The van der Waals surface area contributed by atoms with Crippen LogP contribution in [0.2, 0.25) is 0 Å². The van der Waals surface area contributed by atoms with E-state index in [0.717, 1.165) is 5.57 Å². The Labute approximate surface area is 215 Å². The summed E-state index contributed by atoms with van der Waals surface area (Å²) in [4.78, 5) is 12.5. The molecule has 10 atom stereocenters. The average Bonchev–Trinajstić information content (AvgIpc) is 3.55. The van der Waals surface area contributed by atoms with E-state index >= 15 is 0 Å². The highest BCUT2D eigenvalue weighted by molar-refractivity contribution is 5.70. The van der Waals surface area contributed by atoms with Gasteiger partial charge in [-0.2, -0.15) is 0 Å². The van der Waals surface area contributed by atoms with Crippen LogP contribution in [0.4, 0.5) is 0 Å². The van der Waals surface area contributed by atoms with Gasteiger partial charge in [-0.05, 0) is 45.6 Å². The molecule has 36 heavy (non-hydrogen) atoms. The summed E-state index contributed by atoms with van der Waals surface area (Å²) >= 11 is 0. The van der Waals surface area contributed by atoms with E-state index in [9.17, 15) is 30.3 Å². The highest BCUT2D eigenvalue weighted by Crippen LogP contribution is 2.37. The molecule has 5 N–H and O–H groups in total. The average molecular weight is 511 g/mol. The topological polar surface area (TPSA) is 140 Å². The monoisotopic (exact) mass is 510 g/mol. The second-order valence-electron chi connectivity index (χ2n) is 11.2. The van der Waals surface area contributed by atoms with Gasteiger partial charge >= 0.3 is 5.97 Å². The lowest BCUT2D eigenvalue weighted by Gasteiger charge is -2.30. The first-order valence-electron chi connectivity index (χ1n) is 13.0. The Morgan fingerprint density at radius 1 is 1.33 bits per heavy atom. The molecule has 206 valence electrons. The van der Waals surface area contributed by atoms with Crippen molar-refractivity contribution in [1.29, 1.82) is 0 Å². The molecule has 2 rings (SSSR count). The van der Waals surface area contributed by atoms with Crippen molar-refractivity contribution in [2.24, 2.45) is 11.8 Å². The molecule has 0 spiro atoms. The van der Waals surface area contributed by atoms with Crippen LogP contribution < -0.4 is 0 Å². The molecule has 0 radical (unpaired) electrons. The number of rotatable bonds is 8. The van der Waals surface area contributed by atoms with E-state index in [1.165, 1.54) is 13.0 Å². The molecule has 8 nitrogen and oxygen atoms in total. The summed E-state index contributed by atoms with van der Waals surface area (Å²) in [6.07, 6.45) is 6.13. The molecule has 0 aromatic carbocycles. The number of cyclic esters (lactones) is 1. The summed E-state index contributed by atoms with van der Waals surface area (Å²) in [5.74, 6) is -0.848. The van der Waals surface area contributed by atoms with Gasteiger partial charge in [-0.15, -0.1) is 0 Å². The first-order chi connectivity index (χ1) is 16.7. The van der Waals surface area contributed by atoms with Crippen molar-refractivity contribution in [3.05, 3.63) is 36.0 Å². The molecule has 1 saturated heterocycles. The third-order valence-corrected chi connectivity index (χ3v) is 7.40. The molecule has 2 heterocycles. The molecule has 2 aliphatic rings. The minimum atomic E-state index is -1.42. The quantitative estimate of drug-likeness (QED) is 0.145. The fourth-order valence-electron chi connectivity index (χ4n) is 4.65. The smallest absolute Gasteiger partial charge is 0.309 e. The van der Waals surface area contributed by atoms with E-state index in [2.05, 4.69) is 0 Å². The minimum absolute atomic E-state index is 0.00739. The van der Waals surface area contributed by atoms with E-state index in [4.69, 9.17) is 9.47 Å². The molecule has 0 aliphatic carbocycles. The zero-order chi connectivity index (χ0) is 27.3. The molecule has 0 bridgehead atoms. The summed E-state index contributed by atoms with van der Waals surface area (Å²) in [6.45, 7) is 10.7. The Balaban J connectivity index is 2.10. The van der Waals surface area contributed by atoms with Gasteiger partial charge in [0.2, 0.25) is 0 Å². The maximum Gasteiger partial charge on any atom is 0.309 e. The van der Waals surface area contributed by atoms with Crippen molar-refractivity contribution in [2.45, 2.75) is 121 Å². The van der Waals surface area contributed by atoms with Crippen molar-refractivity contribution in [2.75, 3.05) is 0 Å². The van der Waals surface area contributed by atoms with Gasteiger partial charge in [0.25, 0.3) is 0 Å². The standard InChI is InChI=1S/C28H46O8/c1-7-21(30)19(4)26-22(35-26)16-27(5,33)13-8-9-17(2)25-18(3)10-11-23(31)28(6,34)14-12-20(29)15-24(32)36-25/h8-11,13,18-23,25-26,29-31,33-34H,7,12,14-16H2,1-6H3/b11-10?,13-8+,17-9+. The lowest BCUT2D eigenvalue weighted by atomic mass is 9.89. The molecular weight excluding hydrogens is 464 g/mol. The number of ether oxygens (including phenoxy) is 2. The van der Waals surface area contributed by atoms with Crippen LogP contribution in [0, 0.1) is 11.8 Å². The predicted octanol–water partition coefficient (Wildman–Crippen LogP) is 2.57. The number of hydrogen-bond donors (Lipinski definition) is 5. The third-order valence-electron chi connectivity index (χ3n) is 7.40. The van der Waals surface area contributed by atoms with Gasteiger partial charge in [0.15, 0.2) is 0 Å². The number of aliphatic hydroxyl groups excluding tert-OH is 3. The Morgan fingerprint density at radius 2 is 2.00 bits per heavy atom. The van der Waals surface area contributed by atoms with E-state index < -0.39 is 41.6 Å². The van der Waals surface area contributed by atoms with Crippen LogP contribution >= 0.6 is 0 Å². The molecule has 10 unspecified atom stereocenters. The fourth-order valence-corrected chi connectivity index (χ4v) is 4.65. The van der Waals surface area contributed by atoms with E-state index in [1.807, 2.05) is 27.7 Å². The SMILES string of the molecule is CCC(O)C(C)C1OC1CC(C)(O)/C=C/C=C(\C)C1OC(=O)CC(O)CCC(C)(O)C(O)C=CC1C. The molecule has 0 aromatic heterocycles. The molecule has 2 aliphatic heterocycles. The number of hydrogen-bond acceptors (Lipinski definition) is 8. The number of epoxide rings is 1. The Bertz CT molecular complexity index is 814. The minimum Gasteiger partial charge on any atom is -0.457 e. The van der Waals surface area contributed by atoms with Crippen LogP contribution in [0.5, 0.6) is 0 Å². The van der Waals surface area contributed by atoms with Crippen LogP contribution in [0.25, 0.3) is 0 Å². The van der Waals surface area contributed by atoms with E-state index in [1.54, 1.807) is 31.2 Å². The Morgan fingerprint density at radius 3 is 2.64 bits per heavy atom. The largest absolute Gasteiger partial charge is 0.457 e. The predicted molar refractivity (Wildman–Crippen MR) is 137 cm³/mol. The summed E-state index contributed by atoms with van der Waals surface area (Å²) in [5.41, 5.74) is -1.83. The second kappa shape index (κ2) is 12.8. The van der Waals surface area contributed by atoms with Gasteiger partial charge < -0.3 is 35.0 Å². The highest BCUT2D eigenvalue weighted by atomic mass is 16.6. The maximum absolute atomic E-state index is 12.5. The van der Waals surface area contributed by atoms with Gasteiger partial charge in [0.05, 0.1) is 42.0 Å². The van der Waals surface area contributed by atoms with Crippen LogP contribution in [0.1, 0.15) is 73.6 Å². The van der Waals surface area contributed by atoms with Crippen LogP contribution in [-0.4, -0.2) is 79.3 Å². The molecule has 1 fully saturated rings. The molecular formula is C28H46O8. The maximum atomic E-state index is 12.5. The first kappa shape index (κ1) is 30.7. The van der Waals surface area contributed by atoms with Crippen LogP contribution in [0.3, 0.4) is 0 Å². The fraction of sp³-hybridized carbons (Fsp3) is 0.750. The number of carbonyl (C=O) groups is 1. The van der Waals surface area contributed by atoms with Crippen molar-refractivity contribution in [1.82, 2.24) is 0 Å². The zero-order valence-electron chi connectivity index (χ0n) is 22.5. The molecule has 0 saturated carbocycles. The summed E-state index contributed by atoms with van der Waals surface area (Å²) in [7, 11) is 0. The van der Waals surface area contributed by atoms with E-state index in [-0.39, 0.29) is 43.3 Å². The zero-order valence-corrected chi connectivity index (χ0v) is 22.5. The van der Waals surface area contributed by atoms with Gasteiger partial charge in [0.1, 0.15) is 12.2 Å². The lowest BCUT2D eigenvalue weighted by Crippen LogP contribution is -2.39. The molecule has 0 aromatic rings. The van der Waals surface area contributed by atoms with Crippen molar-refractivity contribution in [3.63, 3.8) is 0 Å². The van der Waals surface area contributed by atoms with Gasteiger partial charge in [0, 0.05) is 18.3 Å². The lowest BCUT2D eigenvalue weighted by molar-refractivity contribution is -0.151. The second-order valence-corrected chi connectivity index (χ2v) is 11.2. The summed E-state index contributed by atoms with van der Waals surface area (Å²) in [6, 6.07) is 0. The number of esters is 1. The number of carbonyl (C=O) groups excluding carboxylic acids is 1. The van der Waals surface area contributed by atoms with Gasteiger partial charge in [-0.25, -0.2) is 0 Å². The van der Waals surface area contributed by atoms with Crippen molar-refractivity contribution in [3.8, 4) is 0 Å². The van der Waals surface area contributed by atoms with Gasteiger partial charge in [-0.3, -0.25) is 4.79 Å². The molecule has 8 heteroatoms. The Hall–Kier alpha value is -1.55. The third kappa shape index (κ3) is 9.08. The highest BCUT2D eigenvalue weighted by Gasteiger charge is 2.47. The normalized spacial score (nSPS) is 38.0. The Kier molecular flexibility index (Phi) is 10.9. The van der Waals surface area contributed by atoms with Crippen LogP contribution in [-0.2, 0) is 14.3 Å². The van der Waals surface area contributed by atoms with Crippen molar-refractivity contribution < 1.29 is 39.8 Å². The first-order valence-corrected chi connectivity index (χ1v) is 13.0. The van der Waals surface area contributed by atoms with Crippen LogP contribution in [0.15, 0.2) is 36.0 Å². The number of aliphatic hydroxyl groups is 5. The van der Waals surface area contributed by atoms with E-state index in [0.29, 0.717) is 12.8 Å². The molecule has 0 amide bonds.